The lowest BCUT2D eigenvalue weighted by atomic mass is 9.86. The molecule has 1 heterocycles. The van der Waals surface area contributed by atoms with Gasteiger partial charge in [-0.15, -0.1) is 0 Å². The topological polar surface area (TPSA) is 46.6 Å². The van der Waals surface area contributed by atoms with Crippen LogP contribution in [0, 0.1) is 17.8 Å². The van der Waals surface area contributed by atoms with E-state index in [0.717, 1.165) is 11.5 Å². The van der Waals surface area contributed by atoms with Crippen molar-refractivity contribution < 1.29 is 14.4 Å². The smallest absolute Gasteiger partial charge is 0.257 e. The minimum atomic E-state index is -0.195. The lowest BCUT2D eigenvalue weighted by Gasteiger charge is -2.14. The van der Waals surface area contributed by atoms with Crippen LogP contribution in [0.1, 0.15) is 33.6 Å². The van der Waals surface area contributed by atoms with E-state index >= 15 is 0 Å². The van der Waals surface area contributed by atoms with Crippen molar-refractivity contribution in [3.8, 4) is 0 Å². The van der Waals surface area contributed by atoms with Crippen LogP contribution in [0.5, 0.6) is 0 Å². The van der Waals surface area contributed by atoms with E-state index < -0.39 is 0 Å². The van der Waals surface area contributed by atoms with E-state index in [0.29, 0.717) is 12.3 Å². The van der Waals surface area contributed by atoms with Crippen molar-refractivity contribution in [3.63, 3.8) is 0 Å². The summed E-state index contributed by atoms with van der Waals surface area (Å²) in [4.78, 5) is 28.4. The Morgan fingerprint density at radius 1 is 1.27 bits per heavy atom. The van der Waals surface area contributed by atoms with E-state index in [9.17, 15) is 9.59 Å². The molecule has 1 rings (SSSR count). The fourth-order valence-corrected chi connectivity index (χ4v) is 2.17. The quantitative estimate of drug-likeness (QED) is 0.666. The molecule has 2 amide bonds. The van der Waals surface area contributed by atoms with Crippen LogP contribution in [0.25, 0.3) is 0 Å². The average Bonchev–Trinajstić information content (AvgIpc) is 2.38. The summed E-state index contributed by atoms with van der Waals surface area (Å²) in [7, 11) is 1.36. The van der Waals surface area contributed by atoms with E-state index in [1.807, 2.05) is 6.92 Å². The van der Waals surface area contributed by atoms with Crippen molar-refractivity contribution >= 4 is 11.8 Å². The van der Waals surface area contributed by atoms with Gasteiger partial charge in [0, 0.05) is 0 Å². The second-order valence-corrected chi connectivity index (χ2v) is 4.40. The van der Waals surface area contributed by atoms with Gasteiger partial charge in [-0.05, 0) is 18.8 Å². The third-order valence-electron chi connectivity index (χ3n) is 2.87. The van der Waals surface area contributed by atoms with Crippen LogP contribution in [0.15, 0.2) is 0 Å². The molecule has 1 aliphatic rings. The average molecular weight is 213 g/mol. The van der Waals surface area contributed by atoms with Gasteiger partial charge in [-0.1, -0.05) is 20.8 Å². The third kappa shape index (κ3) is 2.20. The predicted molar refractivity (Wildman–Crippen MR) is 55.6 cm³/mol. The Kier molecular flexibility index (Phi) is 3.85. The summed E-state index contributed by atoms with van der Waals surface area (Å²) in [6, 6.07) is 0. The Morgan fingerprint density at radius 2 is 1.80 bits per heavy atom. The summed E-state index contributed by atoms with van der Waals surface area (Å²) in [5, 5.41) is 0.918. The Bertz CT molecular complexity index is 263. The first-order chi connectivity index (χ1) is 7.02. The summed E-state index contributed by atoms with van der Waals surface area (Å²) in [6.45, 7) is 6.04. The zero-order valence-corrected chi connectivity index (χ0v) is 9.82. The summed E-state index contributed by atoms with van der Waals surface area (Å²) < 4.78 is 0. The molecule has 0 aliphatic carbocycles. The van der Waals surface area contributed by atoms with E-state index in [2.05, 4.69) is 13.8 Å². The number of carbonyl (C=O) groups excluding carboxylic acids is 2. The SMILES string of the molecule is CCC1C(=O)N(OC)C(=O)C1CC(C)C. The minimum absolute atomic E-state index is 0.178. The maximum atomic E-state index is 11.8. The Labute approximate surface area is 90.5 Å². The first-order valence-corrected chi connectivity index (χ1v) is 5.44. The number of carbonyl (C=O) groups is 2. The monoisotopic (exact) mass is 213 g/mol. The predicted octanol–water partition coefficient (Wildman–Crippen LogP) is 1.61. The summed E-state index contributed by atoms with van der Waals surface area (Å²) in [5.74, 6) is -0.335. The molecular formula is C11H19NO3. The fraction of sp³-hybridized carbons (Fsp3) is 0.818. The number of hydroxylamine groups is 2. The highest BCUT2D eigenvalue weighted by atomic mass is 16.7. The first-order valence-electron chi connectivity index (χ1n) is 5.44. The molecule has 0 aromatic heterocycles. The van der Waals surface area contributed by atoms with Crippen LogP contribution in [0.3, 0.4) is 0 Å². The van der Waals surface area contributed by atoms with E-state index in [-0.39, 0.29) is 23.7 Å². The lowest BCUT2D eigenvalue weighted by molar-refractivity contribution is -0.181. The zero-order chi connectivity index (χ0) is 11.6. The Morgan fingerprint density at radius 3 is 2.20 bits per heavy atom. The van der Waals surface area contributed by atoms with Crippen molar-refractivity contribution in [1.29, 1.82) is 0 Å². The molecule has 2 unspecified atom stereocenters. The van der Waals surface area contributed by atoms with Crippen molar-refractivity contribution in [1.82, 2.24) is 5.06 Å². The standard InChI is InChI=1S/C11H19NO3/c1-5-8-9(6-7(2)3)11(14)12(15-4)10(8)13/h7-9H,5-6H2,1-4H3. The molecule has 0 radical (unpaired) electrons. The second kappa shape index (κ2) is 4.75. The van der Waals surface area contributed by atoms with Gasteiger partial charge in [-0.25, -0.2) is 0 Å². The molecule has 1 saturated heterocycles. The number of amides is 2. The molecule has 2 atom stereocenters. The molecule has 1 fully saturated rings. The second-order valence-electron chi connectivity index (χ2n) is 4.40. The molecule has 86 valence electrons. The van der Waals surface area contributed by atoms with Gasteiger partial charge < -0.3 is 0 Å². The fourth-order valence-electron chi connectivity index (χ4n) is 2.17. The van der Waals surface area contributed by atoms with Crippen LogP contribution >= 0.6 is 0 Å². The van der Waals surface area contributed by atoms with Crippen LogP contribution in [0.4, 0.5) is 0 Å². The number of imide groups is 1. The van der Waals surface area contributed by atoms with Crippen LogP contribution in [-0.2, 0) is 14.4 Å². The van der Waals surface area contributed by atoms with Crippen LogP contribution in [-0.4, -0.2) is 24.0 Å². The lowest BCUT2D eigenvalue weighted by Crippen LogP contribution is -2.30. The van der Waals surface area contributed by atoms with E-state index in [1.165, 1.54) is 7.11 Å². The summed E-state index contributed by atoms with van der Waals surface area (Å²) >= 11 is 0. The van der Waals surface area contributed by atoms with Crippen molar-refractivity contribution in [2.24, 2.45) is 17.8 Å². The number of rotatable bonds is 4. The third-order valence-corrected chi connectivity index (χ3v) is 2.87. The number of hydrogen-bond donors (Lipinski definition) is 0. The molecule has 15 heavy (non-hydrogen) atoms. The van der Waals surface area contributed by atoms with Gasteiger partial charge in [0.15, 0.2) is 0 Å². The molecule has 0 spiro atoms. The van der Waals surface area contributed by atoms with Gasteiger partial charge in [0.1, 0.15) is 0 Å². The first kappa shape index (κ1) is 12.2. The molecule has 0 aromatic carbocycles. The molecule has 0 bridgehead atoms. The molecule has 0 aromatic rings. The molecular weight excluding hydrogens is 194 g/mol. The van der Waals surface area contributed by atoms with Gasteiger partial charge in [0.25, 0.3) is 11.8 Å². The van der Waals surface area contributed by atoms with Gasteiger partial charge >= 0.3 is 0 Å². The summed E-state index contributed by atoms with van der Waals surface area (Å²) in [6.07, 6.45) is 1.45. The van der Waals surface area contributed by atoms with Crippen molar-refractivity contribution in [3.05, 3.63) is 0 Å². The van der Waals surface area contributed by atoms with Gasteiger partial charge in [0.05, 0.1) is 18.9 Å². The molecule has 1 aliphatic heterocycles. The molecule has 4 nitrogen and oxygen atoms in total. The minimum Gasteiger partial charge on any atom is -0.272 e. The molecule has 0 N–H and O–H groups in total. The zero-order valence-electron chi connectivity index (χ0n) is 9.82. The van der Waals surface area contributed by atoms with Crippen LogP contribution in [0.2, 0.25) is 0 Å². The van der Waals surface area contributed by atoms with Crippen molar-refractivity contribution in [2.75, 3.05) is 7.11 Å². The van der Waals surface area contributed by atoms with Crippen LogP contribution < -0.4 is 0 Å². The molecule has 4 heteroatoms. The number of nitrogens with zero attached hydrogens (tertiary/aromatic N) is 1. The van der Waals surface area contributed by atoms with Gasteiger partial charge in [-0.2, -0.15) is 5.06 Å². The maximum absolute atomic E-state index is 11.8. The molecule has 0 saturated carbocycles. The van der Waals surface area contributed by atoms with Gasteiger partial charge in [-0.3, -0.25) is 14.4 Å². The summed E-state index contributed by atoms with van der Waals surface area (Å²) in [5.41, 5.74) is 0. The highest BCUT2D eigenvalue weighted by molar-refractivity contribution is 6.03. The largest absolute Gasteiger partial charge is 0.272 e. The Balaban J connectivity index is 2.85. The van der Waals surface area contributed by atoms with E-state index in [4.69, 9.17) is 4.84 Å². The van der Waals surface area contributed by atoms with Crippen molar-refractivity contribution in [2.45, 2.75) is 33.6 Å². The maximum Gasteiger partial charge on any atom is 0.257 e. The Hall–Kier alpha value is -0.900. The van der Waals surface area contributed by atoms with E-state index in [1.54, 1.807) is 0 Å². The normalized spacial score (nSPS) is 26.9. The van der Waals surface area contributed by atoms with Gasteiger partial charge in [0.2, 0.25) is 0 Å². The highest BCUT2D eigenvalue weighted by Crippen LogP contribution is 2.33. The number of hydrogen-bond acceptors (Lipinski definition) is 3. The highest BCUT2D eigenvalue weighted by Gasteiger charge is 2.47.